The summed E-state index contributed by atoms with van der Waals surface area (Å²) in [5.74, 6) is 0.703. The lowest BCUT2D eigenvalue weighted by Crippen LogP contribution is -2.40. The van der Waals surface area contributed by atoms with Crippen molar-refractivity contribution in [2.75, 3.05) is 19.7 Å². The fourth-order valence-electron chi connectivity index (χ4n) is 3.66. The van der Waals surface area contributed by atoms with Crippen LogP contribution in [0.15, 0.2) is 48.7 Å². The summed E-state index contributed by atoms with van der Waals surface area (Å²) in [5.41, 5.74) is 2.08. The standard InChI is InChI=1S/C21H20ClFN2O2/c22-15-1-4-17(5-2-15)27-13-21(26)25-9-7-14(8-10-25)19-12-24-20-6-3-16(23)11-18(19)20/h1-6,11-12,14,24H,7-10,13H2. The van der Waals surface area contributed by atoms with Gasteiger partial charge < -0.3 is 14.6 Å². The highest BCUT2D eigenvalue weighted by molar-refractivity contribution is 6.30. The first-order chi connectivity index (χ1) is 13.1. The predicted molar refractivity (Wildman–Crippen MR) is 104 cm³/mol. The highest BCUT2D eigenvalue weighted by Gasteiger charge is 2.25. The highest BCUT2D eigenvalue weighted by atomic mass is 35.5. The van der Waals surface area contributed by atoms with E-state index in [1.54, 1.807) is 36.4 Å². The molecule has 0 radical (unpaired) electrons. The molecule has 1 aromatic heterocycles. The van der Waals surface area contributed by atoms with Crippen molar-refractivity contribution in [2.45, 2.75) is 18.8 Å². The summed E-state index contributed by atoms with van der Waals surface area (Å²) in [4.78, 5) is 17.5. The molecule has 1 fully saturated rings. The topological polar surface area (TPSA) is 45.3 Å². The Balaban J connectivity index is 1.34. The van der Waals surface area contributed by atoms with Gasteiger partial charge in [0, 0.05) is 35.2 Å². The summed E-state index contributed by atoms with van der Waals surface area (Å²) < 4.78 is 19.1. The lowest BCUT2D eigenvalue weighted by atomic mass is 9.89. The maximum absolute atomic E-state index is 13.6. The van der Waals surface area contributed by atoms with Gasteiger partial charge in [-0.15, -0.1) is 0 Å². The van der Waals surface area contributed by atoms with E-state index < -0.39 is 0 Å². The van der Waals surface area contributed by atoms with Crippen molar-refractivity contribution < 1.29 is 13.9 Å². The summed E-state index contributed by atoms with van der Waals surface area (Å²) in [6.07, 6.45) is 3.68. The molecule has 27 heavy (non-hydrogen) atoms. The van der Waals surface area contributed by atoms with Crippen molar-refractivity contribution >= 4 is 28.4 Å². The number of halogens is 2. The fourth-order valence-corrected chi connectivity index (χ4v) is 3.79. The molecule has 140 valence electrons. The smallest absolute Gasteiger partial charge is 0.260 e. The van der Waals surface area contributed by atoms with Crippen LogP contribution in [0.1, 0.15) is 24.3 Å². The molecule has 0 spiro atoms. The normalized spacial score (nSPS) is 15.3. The first-order valence-corrected chi connectivity index (χ1v) is 9.40. The Kier molecular flexibility index (Phi) is 5.03. The van der Waals surface area contributed by atoms with E-state index in [1.165, 1.54) is 6.07 Å². The maximum Gasteiger partial charge on any atom is 0.260 e. The van der Waals surface area contributed by atoms with E-state index in [1.807, 2.05) is 11.1 Å². The van der Waals surface area contributed by atoms with Crippen LogP contribution in [-0.4, -0.2) is 35.5 Å². The minimum Gasteiger partial charge on any atom is -0.484 e. The van der Waals surface area contributed by atoms with Crippen LogP contribution in [0.25, 0.3) is 10.9 Å². The molecule has 1 aliphatic heterocycles. The second kappa shape index (κ2) is 7.61. The molecule has 4 rings (SSSR count). The zero-order valence-electron chi connectivity index (χ0n) is 14.8. The van der Waals surface area contributed by atoms with Gasteiger partial charge in [0.1, 0.15) is 11.6 Å². The number of aromatic amines is 1. The van der Waals surface area contributed by atoms with Crippen molar-refractivity contribution in [2.24, 2.45) is 0 Å². The van der Waals surface area contributed by atoms with Crippen LogP contribution in [0.2, 0.25) is 5.02 Å². The van der Waals surface area contributed by atoms with Crippen LogP contribution in [0.5, 0.6) is 5.75 Å². The number of rotatable bonds is 4. The summed E-state index contributed by atoms with van der Waals surface area (Å²) in [6.45, 7) is 1.37. The number of H-pyrrole nitrogens is 1. The SMILES string of the molecule is O=C(COc1ccc(Cl)cc1)N1CCC(c2c[nH]c3ccc(F)cc23)CC1. The second-order valence-electron chi connectivity index (χ2n) is 6.83. The number of piperidine rings is 1. The Morgan fingerprint density at radius 3 is 2.67 bits per heavy atom. The summed E-state index contributed by atoms with van der Waals surface area (Å²) in [7, 11) is 0. The number of hydrogen-bond acceptors (Lipinski definition) is 2. The van der Waals surface area contributed by atoms with Crippen molar-refractivity contribution in [3.63, 3.8) is 0 Å². The number of benzene rings is 2. The monoisotopic (exact) mass is 386 g/mol. The van der Waals surface area contributed by atoms with Crippen LogP contribution in [-0.2, 0) is 4.79 Å². The lowest BCUT2D eigenvalue weighted by molar-refractivity contribution is -0.134. The number of aromatic nitrogens is 1. The molecule has 6 heteroatoms. The van der Waals surface area contributed by atoms with E-state index in [2.05, 4.69) is 4.98 Å². The average molecular weight is 387 g/mol. The van der Waals surface area contributed by atoms with E-state index in [-0.39, 0.29) is 18.3 Å². The van der Waals surface area contributed by atoms with Crippen LogP contribution < -0.4 is 4.74 Å². The molecule has 1 amide bonds. The molecule has 1 aliphatic rings. The molecule has 0 unspecified atom stereocenters. The van der Waals surface area contributed by atoms with Crippen molar-refractivity contribution in [1.29, 1.82) is 0 Å². The van der Waals surface area contributed by atoms with Gasteiger partial charge in [0.2, 0.25) is 0 Å². The number of nitrogens with one attached hydrogen (secondary N) is 1. The van der Waals surface area contributed by atoms with E-state index in [0.29, 0.717) is 29.8 Å². The van der Waals surface area contributed by atoms with Crippen molar-refractivity contribution in [1.82, 2.24) is 9.88 Å². The van der Waals surface area contributed by atoms with E-state index in [4.69, 9.17) is 16.3 Å². The van der Waals surface area contributed by atoms with Crippen molar-refractivity contribution in [3.05, 3.63) is 65.1 Å². The van der Waals surface area contributed by atoms with Gasteiger partial charge in [-0.05, 0) is 66.8 Å². The molecule has 4 nitrogen and oxygen atoms in total. The van der Waals surface area contributed by atoms with E-state index in [9.17, 15) is 9.18 Å². The van der Waals surface area contributed by atoms with Gasteiger partial charge in [-0.25, -0.2) is 4.39 Å². The molecule has 0 bridgehead atoms. The Labute approximate surface area is 161 Å². The molecule has 3 aromatic rings. The largest absolute Gasteiger partial charge is 0.484 e. The Morgan fingerprint density at radius 1 is 1.19 bits per heavy atom. The van der Waals surface area contributed by atoms with Gasteiger partial charge in [-0.3, -0.25) is 4.79 Å². The van der Waals surface area contributed by atoms with Gasteiger partial charge in [-0.2, -0.15) is 0 Å². The van der Waals surface area contributed by atoms with Gasteiger partial charge in [0.05, 0.1) is 0 Å². The lowest BCUT2D eigenvalue weighted by Gasteiger charge is -2.32. The Morgan fingerprint density at radius 2 is 1.93 bits per heavy atom. The molecular formula is C21H20ClFN2O2. The third kappa shape index (κ3) is 3.93. The van der Waals surface area contributed by atoms with Gasteiger partial charge in [0.15, 0.2) is 6.61 Å². The van der Waals surface area contributed by atoms with Gasteiger partial charge in [-0.1, -0.05) is 11.6 Å². The predicted octanol–water partition coefficient (Wildman–Crippen LogP) is 4.75. The zero-order chi connectivity index (χ0) is 18.8. The van der Waals surface area contributed by atoms with E-state index in [0.717, 1.165) is 29.3 Å². The number of carbonyl (C=O) groups is 1. The number of hydrogen-bond donors (Lipinski definition) is 1. The molecule has 0 aliphatic carbocycles. The minimum absolute atomic E-state index is 0.0184. The van der Waals surface area contributed by atoms with Crippen LogP contribution >= 0.6 is 11.6 Å². The fraction of sp³-hybridized carbons (Fsp3) is 0.286. The van der Waals surface area contributed by atoms with Crippen LogP contribution in [0.3, 0.4) is 0 Å². The van der Waals surface area contributed by atoms with Gasteiger partial charge >= 0.3 is 0 Å². The number of ether oxygens (including phenoxy) is 1. The average Bonchev–Trinajstić information content (AvgIpc) is 3.10. The Hall–Kier alpha value is -2.53. The number of likely N-dealkylation sites (tertiary alicyclic amines) is 1. The number of carbonyl (C=O) groups excluding carboxylic acids is 1. The van der Waals surface area contributed by atoms with Crippen molar-refractivity contribution in [3.8, 4) is 5.75 Å². The zero-order valence-corrected chi connectivity index (χ0v) is 15.5. The van der Waals surface area contributed by atoms with Crippen LogP contribution in [0.4, 0.5) is 4.39 Å². The quantitative estimate of drug-likeness (QED) is 0.703. The molecule has 2 heterocycles. The van der Waals surface area contributed by atoms with Crippen LogP contribution in [0, 0.1) is 5.82 Å². The molecule has 0 atom stereocenters. The third-order valence-corrected chi connectivity index (χ3v) is 5.39. The minimum atomic E-state index is -0.227. The molecule has 0 saturated carbocycles. The maximum atomic E-state index is 13.6. The number of nitrogens with zero attached hydrogens (tertiary/aromatic N) is 1. The Bertz CT molecular complexity index is 946. The first-order valence-electron chi connectivity index (χ1n) is 9.03. The molecule has 1 N–H and O–H groups in total. The number of fused-ring (bicyclic) bond motifs is 1. The van der Waals surface area contributed by atoms with E-state index >= 15 is 0 Å². The molecule has 1 saturated heterocycles. The summed E-state index contributed by atoms with van der Waals surface area (Å²) in [6, 6.07) is 11.8. The number of amides is 1. The second-order valence-corrected chi connectivity index (χ2v) is 7.27. The summed E-state index contributed by atoms with van der Waals surface area (Å²) in [5, 5.41) is 1.57. The molecule has 2 aromatic carbocycles. The highest BCUT2D eigenvalue weighted by Crippen LogP contribution is 2.33. The summed E-state index contributed by atoms with van der Waals surface area (Å²) >= 11 is 5.84. The first kappa shape index (κ1) is 17.9. The van der Waals surface area contributed by atoms with Gasteiger partial charge in [0.25, 0.3) is 5.91 Å². The molecular weight excluding hydrogens is 367 g/mol. The third-order valence-electron chi connectivity index (χ3n) is 5.14.